The van der Waals surface area contributed by atoms with Crippen molar-refractivity contribution in [2.75, 3.05) is 12.4 Å². The van der Waals surface area contributed by atoms with E-state index in [9.17, 15) is 9.59 Å². The highest BCUT2D eigenvalue weighted by atomic mass is 16.5. The maximum Gasteiger partial charge on any atom is 0.226 e. The van der Waals surface area contributed by atoms with Crippen LogP contribution < -0.4 is 20.1 Å². The predicted molar refractivity (Wildman–Crippen MR) is 116 cm³/mol. The minimum absolute atomic E-state index is 0.0929. The summed E-state index contributed by atoms with van der Waals surface area (Å²) in [6.45, 7) is 1.43. The first kappa shape index (κ1) is 20.9. The Labute approximate surface area is 175 Å². The standard InChI is InChI=1S/C24H24N2O4/c1-17(27)25-23(18-11-13-20(29-2)14-12-18)16-24(28)26-19-7-6-10-22(15-19)30-21-8-4-3-5-9-21/h3-15,23H,16H2,1-2H3,(H,25,27)(H,26,28). The quantitative estimate of drug-likeness (QED) is 0.571. The molecule has 30 heavy (non-hydrogen) atoms. The topological polar surface area (TPSA) is 76.7 Å². The van der Waals surface area contributed by atoms with Gasteiger partial charge >= 0.3 is 0 Å². The van der Waals surface area contributed by atoms with Crippen molar-refractivity contribution in [1.82, 2.24) is 5.32 Å². The van der Waals surface area contributed by atoms with E-state index in [0.717, 1.165) is 5.56 Å². The molecule has 0 bridgehead atoms. The molecule has 2 N–H and O–H groups in total. The van der Waals surface area contributed by atoms with Gasteiger partial charge in [0.25, 0.3) is 0 Å². The van der Waals surface area contributed by atoms with E-state index in [1.165, 1.54) is 6.92 Å². The lowest BCUT2D eigenvalue weighted by Crippen LogP contribution is -2.29. The number of benzene rings is 3. The molecule has 3 aromatic carbocycles. The second-order valence-electron chi connectivity index (χ2n) is 6.72. The summed E-state index contributed by atoms with van der Waals surface area (Å²) in [6, 6.07) is 23.4. The van der Waals surface area contributed by atoms with Crippen molar-refractivity contribution in [3.05, 3.63) is 84.4 Å². The normalized spacial score (nSPS) is 11.3. The number of nitrogens with one attached hydrogen (secondary N) is 2. The van der Waals surface area contributed by atoms with E-state index >= 15 is 0 Å². The number of hydrogen-bond donors (Lipinski definition) is 2. The molecule has 0 aliphatic heterocycles. The maximum atomic E-state index is 12.6. The van der Waals surface area contributed by atoms with Crippen molar-refractivity contribution in [3.8, 4) is 17.2 Å². The first-order valence-corrected chi connectivity index (χ1v) is 9.57. The summed E-state index contributed by atoms with van der Waals surface area (Å²) in [6.07, 6.45) is 0.0929. The number of hydrogen-bond acceptors (Lipinski definition) is 4. The van der Waals surface area contributed by atoms with Gasteiger partial charge in [0.05, 0.1) is 19.6 Å². The summed E-state index contributed by atoms with van der Waals surface area (Å²) >= 11 is 0. The van der Waals surface area contributed by atoms with Gasteiger partial charge in [-0.2, -0.15) is 0 Å². The van der Waals surface area contributed by atoms with Gasteiger partial charge in [0.2, 0.25) is 11.8 Å². The lowest BCUT2D eigenvalue weighted by Gasteiger charge is -2.18. The summed E-state index contributed by atoms with van der Waals surface area (Å²) in [5, 5.41) is 5.70. The first-order chi connectivity index (χ1) is 14.5. The zero-order chi connectivity index (χ0) is 21.3. The molecule has 0 radical (unpaired) electrons. The molecule has 0 heterocycles. The molecule has 1 atom stereocenters. The fraction of sp³-hybridized carbons (Fsp3) is 0.167. The minimum atomic E-state index is -0.447. The van der Waals surface area contributed by atoms with E-state index in [2.05, 4.69) is 10.6 Å². The fourth-order valence-electron chi connectivity index (χ4n) is 2.99. The Balaban J connectivity index is 1.67. The van der Waals surface area contributed by atoms with E-state index < -0.39 is 6.04 Å². The van der Waals surface area contributed by atoms with Crippen LogP contribution in [0.1, 0.15) is 24.9 Å². The fourth-order valence-corrected chi connectivity index (χ4v) is 2.99. The molecule has 0 spiro atoms. The third-order valence-corrected chi connectivity index (χ3v) is 4.38. The van der Waals surface area contributed by atoms with E-state index in [-0.39, 0.29) is 18.2 Å². The molecule has 0 fully saturated rings. The van der Waals surface area contributed by atoms with Gasteiger partial charge in [0.1, 0.15) is 17.2 Å². The Morgan fingerprint density at radius 1 is 0.867 bits per heavy atom. The number of carbonyl (C=O) groups excluding carboxylic acids is 2. The van der Waals surface area contributed by atoms with Crippen LogP contribution in [0, 0.1) is 0 Å². The van der Waals surface area contributed by atoms with Gasteiger partial charge in [-0.3, -0.25) is 9.59 Å². The molecule has 0 aliphatic rings. The van der Waals surface area contributed by atoms with Gasteiger partial charge in [-0.1, -0.05) is 36.4 Å². The van der Waals surface area contributed by atoms with E-state index in [1.54, 1.807) is 31.4 Å². The Hall–Kier alpha value is -3.80. The Morgan fingerprint density at radius 3 is 2.23 bits per heavy atom. The van der Waals surface area contributed by atoms with Crippen LogP contribution in [0.25, 0.3) is 0 Å². The van der Waals surface area contributed by atoms with Crippen molar-refractivity contribution in [1.29, 1.82) is 0 Å². The molecular weight excluding hydrogens is 380 g/mol. The molecule has 0 saturated heterocycles. The van der Waals surface area contributed by atoms with Gasteiger partial charge < -0.3 is 20.1 Å². The molecule has 0 aliphatic carbocycles. The largest absolute Gasteiger partial charge is 0.497 e. The number of anilines is 1. The summed E-state index contributed by atoms with van der Waals surface area (Å²) in [5.74, 6) is 1.61. The number of methoxy groups -OCH3 is 1. The van der Waals surface area contributed by atoms with Gasteiger partial charge in [0.15, 0.2) is 0 Å². The average Bonchev–Trinajstić information content (AvgIpc) is 2.74. The van der Waals surface area contributed by atoms with Gasteiger partial charge in [-0.05, 0) is 42.0 Å². The Bertz CT molecular complexity index is 988. The van der Waals surface area contributed by atoms with Gasteiger partial charge in [-0.15, -0.1) is 0 Å². The summed E-state index contributed by atoms with van der Waals surface area (Å²) in [4.78, 5) is 24.3. The Kier molecular flexibility index (Phi) is 7.05. The number of rotatable bonds is 8. The highest BCUT2D eigenvalue weighted by Gasteiger charge is 2.17. The molecule has 154 valence electrons. The van der Waals surface area contributed by atoms with Crippen LogP contribution in [0.4, 0.5) is 5.69 Å². The highest BCUT2D eigenvalue weighted by Crippen LogP contribution is 2.25. The molecule has 6 heteroatoms. The maximum absolute atomic E-state index is 12.6. The monoisotopic (exact) mass is 404 g/mol. The van der Waals surface area contributed by atoms with E-state index in [1.807, 2.05) is 54.6 Å². The number of carbonyl (C=O) groups is 2. The Morgan fingerprint density at radius 2 is 1.57 bits per heavy atom. The third kappa shape index (κ3) is 6.10. The smallest absolute Gasteiger partial charge is 0.226 e. The molecule has 3 aromatic rings. The van der Waals surface area contributed by atoms with E-state index in [4.69, 9.17) is 9.47 Å². The lowest BCUT2D eigenvalue weighted by molar-refractivity contribution is -0.120. The van der Waals surface area contributed by atoms with Crippen LogP contribution in [0.5, 0.6) is 17.2 Å². The molecule has 3 rings (SSSR count). The van der Waals surface area contributed by atoms with Gasteiger partial charge in [-0.25, -0.2) is 0 Å². The first-order valence-electron chi connectivity index (χ1n) is 9.57. The zero-order valence-corrected chi connectivity index (χ0v) is 16.9. The summed E-state index contributed by atoms with van der Waals surface area (Å²) in [7, 11) is 1.59. The van der Waals surface area contributed by atoms with Gasteiger partial charge in [0, 0.05) is 18.7 Å². The van der Waals surface area contributed by atoms with Crippen LogP contribution in [0.2, 0.25) is 0 Å². The number of para-hydroxylation sites is 1. The molecular formula is C24H24N2O4. The number of ether oxygens (including phenoxy) is 2. The van der Waals surface area contributed by atoms with Crippen LogP contribution in [0.3, 0.4) is 0 Å². The van der Waals surface area contributed by atoms with Crippen LogP contribution in [-0.2, 0) is 9.59 Å². The third-order valence-electron chi connectivity index (χ3n) is 4.38. The second kappa shape index (κ2) is 10.1. The predicted octanol–water partition coefficient (Wildman–Crippen LogP) is 4.69. The average molecular weight is 404 g/mol. The van der Waals surface area contributed by atoms with Crippen LogP contribution in [0.15, 0.2) is 78.9 Å². The lowest BCUT2D eigenvalue weighted by atomic mass is 10.0. The van der Waals surface area contributed by atoms with Crippen molar-refractivity contribution >= 4 is 17.5 Å². The van der Waals surface area contributed by atoms with Crippen molar-refractivity contribution in [2.24, 2.45) is 0 Å². The van der Waals surface area contributed by atoms with Crippen LogP contribution in [-0.4, -0.2) is 18.9 Å². The highest BCUT2D eigenvalue weighted by molar-refractivity contribution is 5.91. The molecule has 2 amide bonds. The van der Waals surface area contributed by atoms with Crippen LogP contribution >= 0.6 is 0 Å². The summed E-state index contributed by atoms with van der Waals surface area (Å²) in [5.41, 5.74) is 1.44. The molecule has 1 unspecified atom stereocenters. The second-order valence-corrected chi connectivity index (χ2v) is 6.72. The molecule has 0 aromatic heterocycles. The zero-order valence-electron chi connectivity index (χ0n) is 16.9. The number of amides is 2. The summed E-state index contributed by atoms with van der Waals surface area (Å²) < 4.78 is 11.0. The van der Waals surface area contributed by atoms with E-state index in [0.29, 0.717) is 22.9 Å². The van der Waals surface area contributed by atoms with Crippen molar-refractivity contribution < 1.29 is 19.1 Å². The minimum Gasteiger partial charge on any atom is -0.497 e. The van der Waals surface area contributed by atoms with Crippen molar-refractivity contribution in [2.45, 2.75) is 19.4 Å². The van der Waals surface area contributed by atoms with Crippen molar-refractivity contribution in [3.63, 3.8) is 0 Å². The molecule has 6 nitrogen and oxygen atoms in total. The molecule has 0 saturated carbocycles. The SMILES string of the molecule is COc1ccc(C(CC(=O)Nc2cccc(Oc3ccccc3)c2)NC(C)=O)cc1.